The van der Waals surface area contributed by atoms with E-state index in [0.29, 0.717) is 41.3 Å². The second-order valence-corrected chi connectivity index (χ2v) is 16.4. The molecule has 9 heteroatoms. The van der Waals surface area contributed by atoms with Gasteiger partial charge in [0.05, 0.1) is 11.1 Å². The molecule has 9 nitrogen and oxygen atoms in total. The Bertz CT molecular complexity index is 2140. The first-order valence-electron chi connectivity index (χ1n) is 20.5. The van der Waals surface area contributed by atoms with Gasteiger partial charge >= 0.3 is 0 Å². The molecule has 4 aromatic carbocycles. The lowest BCUT2D eigenvalue weighted by Gasteiger charge is -2.38. The van der Waals surface area contributed by atoms with Gasteiger partial charge in [0.1, 0.15) is 11.8 Å². The molecule has 2 N–H and O–H groups in total. The van der Waals surface area contributed by atoms with Crippen LogP contribution in [0.1, 0.15) is 93.3 Å². The molecule has 0 radical (unpaired) electrons. The molecule has 4 aromatic rings. The van der Waals surface area contributed by atoms with E-state index < -0.39 is 6.04 Å². The molecule has 1 unspecified atom stereocenters. The van der Waals surface area contributed by atoms with E-state index in [4.69, 9.17) is 0 Å². The van der Waals surface area contributed by atoms with Gasteiger partial charge in [0, 0.05) is 62.3 Å². The van der Waals surface area contributed by atoms with E-state index in [-0.39, 0.29) is 23.6 Å². The van der Waals surface area contributed by atoms with Crippen molar-refractivity contribution in [2.45, 2.75) is 62.8 Å². The van der Waals surface area contributed by atoms with E-state index in [2.05, 4.69) is 87.3 Å². The number of allylic oxidation sites excluding steroid dienone is 1. The van der Waals surface area contributed by atoms with Gasteiger partial charge in [0.25, 0.3) is 11.8 Å². The van der Waals surface area contributed by atoms with E-state index in [1.807, 2.05) is 24.3 Å². The number of amides is 3. The summed E-state index contributed by atoms with van der Waals surface area (Å²) >= 11 is 0. The van der Waals surface area contributed by atoms with Crippen LogP contribution in [0.3, 0.4) is 0 Å². The Labute approximate surface area is 329 Å². The summed E-state index contributed by atoms with van der Waals surface area (Å²) in [6.07, 6.45) is 6.61. The standard InChI is InChI=1S/C47H51N5O4/c1-31-7-18-43(45(54)48-31)52-46(55)41-16-13-37(30-42(41)47(52)56)51-27-25-49(26-28-51)22-19-32-20-23-50(24-21-32)36-11-8-34(9-12-36)44-39(33-5-3-2-4-6-33)15-10-35-29-38(53)14-17-40(35)44/h2-6,8-9,11-14,16-17,29-30,32,39,43-44,53H,1,7,10,15,18-28H2,(H,48,54)/t39-,43?,44+/m1/s1. The van der Waals surface area contributed by atoms with Gasteiger partial charge in [0.15, 0.2) is 0 Å². The molecule has 0 bridgehead atoms. The number of piperidine rings is 2. The van der Waals surface area contributed by atoms with Crippen molar-refractivity contribution in [1.29, 1.82) is 0 Å². The average molecular weight is 750 g/mol. The Morgan fingerprint density at radius 2 is 1.39 bits per heavy atom. The van der Waals surface area contributed by atoms with Gasteiger partial charge in [-0.15, -0.1) is 0 Å². The minimum atomic E-state index is -0.796. The summed E-state index contributed by atoms with van der Waals surface area (Å²) < 4.78 is 0. The number of imide groups is 1. The number of phenolic OH excluding ortho intramolecular Hbond substituents is 1. The van der Waals surface area contributed by atoms with Gasteiger partial charge in [-0.05, 0) is 128 Å². The maximum atomic E-state index is 13.4. The minimum absolute atomic E-state index is 0.261. The molecular weight excluding hydrogens is 699 g/mol. The largest absolute Gasteiger partial charge is 0.508 e. The van der Waals surface area contributed by atoms with Crippen LogP contribution in [0.2, 0.25) is 0 Å². The molecule has 1 aliphatic carbocycles. The van der Waals surface area contributed by atoms with Crippen LogP contribution in [-0.2, 0) is 11.2 Å². The summed E-state index contributed by atoms with van der Waals surface area (Å²) in [5, 5.41) is 12.9. The van der Waals surface area contributed by atoms with Crippen LogP contribution < -0.4 is 15.1 Å². The number of carbonyl (C=O) groups excluding carboxylic acids is 3. The maximum absolute atomic E-state index is 13.4. The topological polar surface area (TPSA) is 96.4 Å². The van der Waals surface area contributed by atoms with Gasteiger partial charge in [-0.1, -0.05) is 55.1 Å². The smallest absolute Gasteiger partial charge is 0.262 e. The van der Waals surface area contributed by atoms with E-state index in [1.165, 1.54) is 47.2 Å². The first kappa shape index (κ1) is 36.2. The van der Waals surface area contributed by atoms with Crippen LogP contribution in [0.4, 0.5) is 11.4 Å². The summed E-state index contributed by atoms with van der Waals surface area (Å²) in [7, 11) is 0. The molecular formula is C47H51N5O4. The molecule has 3 saturated heterocycles. The van der Waals surface area contributed by atoms with Crippen molar-refractivity contribution in [2.24, 2.45) is 5.92 Å². The first-order chi connectivity index (χ1) is 27.3. The zero-order valence-corrected chi connectivity index (χ0v) is 32.0. The number of hydrogen-bond acceptors (Lipinski definition) is 7. The summed E-state index contributed by atoms with van der Waals surface area (Å²) in [4.78, 5) is 47.8. The van der Waals surface area contributed by atoms with Gasteiger partial charge in [0.2, 0.25) is 5.91 Å². The van der Waals surface area contributed by atoms with Gasteiger partial charge in [-0.25, -0.2) is 0 Å². The van der Waals surface area contributed by atoms with Crippen molar-refractivity contribution in [3.05, 3.63) is 137 Å². The number of nitrogens with zero attached hydrogens (tertiary/aromatic N) is 4. The third-order valence-electron chi connectivity index (χ3n) is 13.2. The van der Waals surface area contributed by atoms with E-state index in [1.54, 1.807) is 6.07 Å². The highest BCUT2D eigenvalue weighted by Crippen LogP contribution is 2.47. The summed E-state index contributed by atoms with van der Waals surface area (Å²) in [5.41, 5.74) is 8.97. The summed E-state index contributed by atoms with van der Waals surface area (Å²) in [5.74, 6) is 0.619. The predicted octanol–water partition coefficient (Wildman–Crippen LogP) is 7.07. The van der Waals surface area contributed by atoms with Crippen LogP contribution in [-0.4, -0.2) is 84.5 Å². The predicted molar refractivity (Wildman–Crippen MR) is 219 cm³/mol. The molecule has 3 atom stereocenters. The van der Waals surface area contributed by atoms with Crippen molar-refractivity contribution in [2.75, 3.05) is 55.6 Å². The highest BCUT2D eigenvalue weighted by Gasteiger charge is 2.44. The lowest BCUT2D eigenvalue weighted by atomic mass is 9.69. The van der Waals surface area contributed by atoms with Gasteiger partial charge < -0.3 is 20.2 Å². The molecule has 0 aromatic heterocycles. The second-order valence-electron chi connectivity index (χ2n) is 16.4. The van der Waals surface area contributed by atoms with E-state index in [0.717, 1.165) is 75.2 Å². The number of anilines is 2. The van der Waals surface area contributed by atoms with Crippen molar-refractivity contribution in [1.82, 2.24) is 15.1 Å². The van der Waals surface area contributed by atoms with Crippen LogP contribution in [0, 0.1) is 5.92 Å². The Hall–Kier alpha value is -5.41. The van der Waals surface area contributed by atoms with Crippen LogP contribution in [0.5, 0.6) is 5.75 Å². The summed E-state index contributed by atoms with van der Waals surface area (Å²) in [6.45, 7) is 10.7. The van der Waals surface area contributed by atoms with Crippen LogP contribution in [0.15, 0.2) is 103 Å². The average Bonchev–Trinajstić information content (AvgIpc) is 3.48. The highest BCUT2D eigenvalue weighted by atomic mass is 16.3. The molecule has 0 spiro atoms. The lowest BCUT2D eigenvalue weighted by molar-refractivity contribution is -0.125. The number of aromatic hydroxyl groups is 1. The molecule has 3 amide bonds. The van der Waals surface area contributed by atoms with Gasteiger partial charge in [-0.2, -0.15) is 0 Å². The first-order valence-corrected chi connectivity index (χ1v) is 20.5. The van der Waals surface area contributed by atoms with E-state index in [9.17, 15) is 19.5 Å². The van der Waals surface area contributed by atoms with Crippen LogP contribution in [0.25, 0.3) is 0 Å². The number of fused-ring (bicyclic) bond motifs is 2. The number of nitrogens with one attached hydrogen (secondary N) is 1. The number of rotatable bonds is 8. The minimum Gasteiger partial charge on any atom is -0.508 e. The highest BCUT2D eigenvalue weighted by molar-refractivity contribution is 6.23. The van der Waals surface area contributed by atoms with Crippen molar-refractivity contribution in [3.8, 4) is 5.75 Å². The summed E-state index contributed by atoms with van der Waals surface area (Å²) in [6, 6.07) is 30.9. The Morgan fingerprint density at radius 3 is 2.14 bits per heavy atom. The fourth-order valence-electron chi connectivity index (χ4n) is 9.98. The molecule has 3 fully saturated rings. The third kappa shape index (κ3) is 6.98. The number of benzene rings is 4. The van der Waals surface area contributed by atoms with Gasteiger partial charge in [-0.3, -0.25) is 24.2 Å². The molecule has 4 aliphatic heterocycles. The van der Waals surface area contributed by atoms with E-state index >= 15 is 0 Å². The number of aryl methyl sites for hydroxylation is 1. The quantitative estimate of drug-likeness (QED) is 0.186. The van der Waals surface area contributed by atoms with Crippen molar-refractivity contribution in [3.63, 3.8) is 0 Å². The monoisotopic (exact) mass is 749 g/mol. The Balaban J connectivity index is 0.764. The molecule has 56 heavy (non-hydrogen) atoms. The molecule has 9 rings (SSSR count). The van der Waals surface area contributed by atoms with Crippen molar-refractivity contribution < 1.29 is 19.5 Å². The zero-order valence-electron chi connectivity index (χ0n) is 32.0. The lowest BCUT2D eigenvalue weighted by Crippen LogP contribution is -2.51. The Kier molecular flexibility index (Phi) is 9.88. The maximum Gasteiger partial charge on any atom is 0.262 e. The van der Waals surface area contributed by atoms with Crippen LogP contribution >= 0.6 is 0 Å². The third-order valence-corrected chi connectivity index (χ3v) is 13.2. The molecule has 0 saturated carbocycles. The zero-order chi connectivity index (χ0) is 38.3. The Morgan fingerprint density at radius 1 is 0.679 bits per heavy atom. The SMILES string of the molecule is C=C1CCC(N2C(=O)c3ccc(N4CCN(CCC5CCN(c6ccc([C@@H]7c8ccc(O)cc8CC[C@@H]7c7ccccc7)cc6)CC5)CC4)cc3C2=O)C(=O)N1. The normalized spacial score (nSPS) is 23.3. The van der Waals surface area contributed by atoms with Crippen molar-refractivity contribution >= 4 is 29.1 Å². The fourth-order valence-corrected chi connectivity index (χ4v) is 9.98. The molecule has 4 heterocycles. The molecule has 5 aliphatic rings. The number of phenols is 1. The second kappa shape index (κ2) is 15.3. The number of carbonyl (C=O) groups is 3. The number of hydrogen-bond donors (Lipinski definition) is 2. The fraction of sp³-hybridized carbons (Fsp3) is 0.383. The number of piperazine rings is 1. The molecule has 288 valence electrons.